The molecule has 44 heavy (non-hydrogen) atoms. The van der Waals surface area contributed by atoms with E-state index >= 15 is 0 Å². The monoisotopic (exact) mass is 603 g/mol. The Morgan fingerprint density at radius 1 is 0.932 bits per heavy atom. The van der Waals surface area contributed by atoms with Crippen LogP contribution in [0.5, 0.6) is 11.5 Å². The normalized spacial score (nSPS) is 12.9. The molecule has 3 aromatic rings. The zero-order valence-corrected chi connectivity index (χ0v) is 26.9. The van der Waals surface area contributed by atoms with Crippen LogP contribution in [-0.4, -0.2) is 52.2 Å². The molecule has 0 aliphatic rings. The van der Waals surface area contributed by atoms with Crippen LogP contribution >= 0.6 is 0 Å². The molecule has 0 saturated heterocycles. The number of anilines is 1. The predicted molar refractivity (Wildman–Crippen MR) is 172 cm³/mol. The summed E-state index contributed by atoms with van der Waals surface area (Å²) in [6.07, 6.45) is -0.0516. The van der Waals surface area contributed by atoms with Crippen LogP contribution in [-0.2, 0) is 20.7 Å². The third kappa shape index (κ3) is 8.99. The van der Waals surface area contributed by atoms with Gasteiger partial charge in [0, 0.05) is 17.6 Å². The van der Waals surface area contributed by atoms with Crippen molar-refractivity contribution >= 4 is 23.6 Å². The number of hydrogen-bond acceptors (Lipinski definition) is 6. The van der Waals surface area contributed by atoms with Crippen LogP contribution in [0, 0.1) is 6.92 Å². The van der Waals surface area contributed by atoms with Gasteiger partial charge in [0.15, 0.2) is 0 Å². The molecule has 2 atom stereocenters. The van der Waals surface area contributed by atoms with Crippen molar-refractivity contribution in [1.82, 2.24) is 10.2 Å². The van der Waals surface area contributed by atoms with E-state index in [4.69, 9.17) is 9.47 Å². The van der Waals surface area contributed by atoms with Crippen molar-refractivity contribution in [1.29, 1.82) is 0 Å². The van der Waals surface area contributed by atoms with E-state index in [-0.39, 0.29) is 12.2 Å². The van der Waals surface area contributed by atoms with Gasteiger partial charge in [-0.15, -0.1) is 0 Å². The van der Waals surface area contributed by atoms with Gasteiger partial charge in [0.2, 0.25) is 5.91 Å². The molecule has 0 bridgehead atoms. The van der Waals surface area contributed by atoms with Crippen molar-refractivity contribution in [3.63, 3.8) is 0 Å². The summed E-state index contributed by atoms with van der Waals surface area (Å²) < 4.78 is 10.8. The van der Waals surface area contributed by atoms with Crippen molar-refractivity contribution in [2.75, 3.05) is 12.4 Å². The fourth-order valence-electron chi connectivity index (χ4n) is 4.76. The van der Waals surface area contributed by atoms with Crippen LogP contribution in [0.2, 0.25) is 0 Å². The summed E-state index contributed by atoms with van der Waals surface area (Å²) in [7, 11) is 1.56. The zero-order chi connectivity index (χ0) is 32.7. The number of amides is 3. The Morgan fingerprint density at radius 2 is 1.57 bits per heavy atom. The van der Waals surface area contributed by atoms with E-state index in [1.165, 1.54) is 6.07 Å². The lowest BCUT2D eigenvalue weighted by Crippen LogP contribution is -2.59. The van der Waals surface area contributed by atoms with E-state index in [0.717, 1.165) is 5.56 Å². The van der Waals surface area contributed by atoms with E-state index in [1.54, 1.807) is 76.1 Å². The summed E-state index contributed by atoms with van der Waals surface area (Å²) in [4.78, 5) is 43.6. The topological polar surface area (TPSA) is 117 Å². The lowest BCUT2D eigenvalue weighted by atomic mass is 9.90. The summed E-state index contributed by atoms with van der Waals surface area (Å²) in [5.41, 5.74) is 0.796. The first kappa shape index (κ1) is 34.0. The SMILES string of the molecule is CCC(C)(C)N(C(=O)C(Cc1ccccc1)NC(=O)OC(C)(C)C)C(C(=O)Nc1ccc(OC)cc1)c1ccc(O)c(C)c1. The number of carbonyl (C=O) groups is 3. The van der Waals surface area contributed by atoms with Gasteiger partial charge in [-0.1, -0.05) is 43.3 Å². The fourth-order valence-corrected chi connectivity index (χ4v) is 4.76. The first-order chi connectivity index (χ1) is 20.6. The number of hydrogen-bond donors (Lipinski definition) is 3. The van der Waals surface area contributed by atoms with E-state index in [1.807, 2.05) is 51.1 Å². The third-order valence-corrected chi connectivity index (χ3v) is 7.43. The molecule has 0 aliphatic carbocycles. The van der Waals surface area contributed by atoms with Crippen LogP contribution in [0.25, 0.3) is 0 Å². The molecule has 0 heterocycles. The number of nitrogens with zero attached hydrogens (tertiary/aromatic N) is 1. The molecule has 236 valence electrons. The van der Waals surface area contributed by atoms with Crippen molar-refractivity contribution in [3.8, 4) is 11.5 Å². The van der Waals surface area contributed by atoms with Gasteiger partial charge >= 0.3 is 6.09 Å². The second kappa shape index (κ2) is 14.3. The minimum atomic E-state index is -1.11. The Bertz CT molecular complexity index is 1430. The second-order valence-electron chi connectivity index (χ2n) is 12.4. The van der Waals surface area contributed by atoms with Crippen molar-refractivity contribution in [3.05, 3.63) is 89.5 Å². The molecule has 3 amide bonds. The van der Waals surface area contributed by atoms with Gasteiger partial charge in [0.1, 0.15) is 29.2 Å². The number of nitrogens with one attached hydrogen (secondary N) is 2. The van der Waals surface area contributed by atoms with Crippen LogP contribution in [0.3, 0.4) is 0 Å². The van der Waals surface area contributed by atoms with Crippen molar-refractivity contribution < 1.29 is 29.0 Å². The Hall–Kier alpha value is -4.53. The van der Waals surface area contributed by atoms with Gasteiger partial charge in [0.25, 0.3) is 5.91 Å². The number of aryl methyl sites for hydroxylation is 1. The number of alkyl carbamates (subject to hydrolysis) is 1. The Kier molecular flexibility index (Phi) is 11.0. The molecule has 3 rings (SSSR count). The van der Waals surface area contributed by atoms with Gasteiger partial charge in [0.05, 0.1) is 7.11 Å². The highest BCUT2D eigenvalue weighted by Crippen LogP contribution is 2.35. The van der Waals surface area contributed by atoms with Crippen molar-refractivity contribution in [2.24, 2.45) is 0 Å². The summed E-state index contributed by atoms with van der Waals surface area (Å²) in [6, 6.07) is 18.9. The van der Waals surface area contributed by atoms with Crippen LogP contribution in [0.4, 0.5) is 10.5 Å². The highest BCUT2D eigenvalue weighted by molar-refractivity contribution is 5.99. The average molecular weight is 604 g/mol. The standard InChI is InChI=1S/C35H45N3O6/c1-9-35(6,7)38(32(41)28(22-24-13-11-10-12-14-24)37-33(42)44-34(3,4)5)30(25-15-20-29(39)23(2)21-25)31(40)36-26-16-18-27(43-8)19-17-26/h10-21,28,30,39H,9,22H2,1-8H3,(H,36,40)(H,37,42). The van der Waals surface area contributed by atoms with Crippen LogP contribution < -0.4 is 15.4 Å². The summed E-state index contributed by atoms with van der Waals surface area (Å²) in [5, 5.41) is 16.0. The van der Waals surface area contributed by atoms with E-state index < -0.39 is 41.1 Å². The van der Waals surface area contributed by atoms with E-state index in [0.29, 0.717) is 29.0 Å². The van der Waals surface area contributed by atoms with Crippen LogP contribution in [0.1, 0.15) is 70.7 Å². The molecule has 0 saturated carbocycles. The molecule has 0 radical (unpaired) electrons. The molecule has 2 unspecified atom stereocenters. The fraction of sp³-hybridized carbons (Fsp3) is 0.400. The molecule has 9 nitrogen and oxygen atoms in total. The number of ether oxygens (including phenoxy) is 2. The van der Waals surface area contributed by atoms with Gasteiger partial charge in [-0.05, 0) is 101 Å². The molecule has 0 fully saturated rings. The Morgan fingerprint density at radius 3 is 2.11 bits per heavy atom. The van der Waals surface area contributed by atoms with E-state index in [2.05, 4.69) is 10.6 Å². The molecule has 0 spiro atoms. The van der Waals surface area contributed by atoms with E-state index in [9.17, 15) is 19.5 Å². The number of phenols is 1. The maximum Gasteiger partial charge on any atom is 0.408 e. The number of benzene rings is 3. The van der Waals surface area contributed by atoms with Gasteiger partial charge in [-0.25, -0.2) is 4.79 Å². The third-order valence-electron chi connectivity index (χ3n) is 7.43. The smallest absolute Gasteiger partial charge is 0.408 e. The first-order valence-electron chi connectivity index (χ1n) is 14.8. The number of carbonyl (C=O) groups excluding carboxylic acids is 3. The number of rotatable bonds is 11. The highest BCUT2D eigenvalue weighted by atomic mass is 16.6. The van der Waals surface area contributed by atoms with Gasteiger partial charge < -0.3 is 30.1 Å². The lowest BCUT2D eigenvalue weighted by Gasteiger charge is -2.44. The summed E-state index contributed by atoms with van der Waals surface area (Å²) in [6.45, 7) is 12.7. The summed E-state index contributed by atoms with van der Waals surface area (Å²) >= 11 is 0. The molecule has 9 heteroatoms. The van der Waals surface area contributed by atoms with Crippen LogP contribution in [0.15, 0.2) is 72.8 Å². The quantitative estimate of drug-likeness (QED) is 0.229. The molecular formula is C35H45N3O6. The number of aromatic hydroxyl groups is 1. The maximum atomic E-state index is 14.8. The molecule has 3 aromatic carbocycles. The Labute approximate surface area is 260 Å². The maximum absolute atomic E-state index is 14.8. The largest absolute Gasteiger partial charge is 0.508 e. The lowest BCUT2D eigenvalue weighted by molar-refractivity contribution is -0.147. The number of methoxy groups -OCH3 is 1. The molecule has 0 aliphatic heterocycles. The number of phenolic OH excluding ortho intramolecular Hbond substituents is 1. The minimum absolute atomic E-state index is 0.0734. The minimum Gasteiger partial charge on any atom is -0.508 e. The highest BCUT2D eigenvalue weighted by Gasteiger charge is 2.43. The molecule has 3 N–H and O–H groups in total. The summed E-state index contributed by atoms with van der Waals surface area (Å²) in [5.74, 6) is -0.197. The van der Waals surface area contributed by atoms with Crippen molar-refractivity contribution in [2.45, 2.75) is 84.5 Å². The average Bonchev–Trinajstić information content (AvgIpc) is 2.96. The van der Waals surface area contributed by atoms with Gasteiger partial charge in [-0.3, -0.25) is 9.59 Å². The second-order valence-corrected chi connectivity index (χ2v) is 12.4. The Balaban J connectivity index is 2.15. The molecule has 0 aromatic heterocycles. The zero-order valence-electron chi connectivity index (χ0n) is 26.9. The van der Waals surface area contributed by atoms with Gasteiger partial charge in [-0.2, -0.15) is 0 Å². The molecular weight excluding hydrogens is 558 g/mol. The predicted octanol–water partition coefficient (Wildman–Crippen LogP) is 6.54. The first-order valence-corrected chi connectivity index (χ1v) is 14.8.